The SMILES string of the molecule is CC(NC(=O)Nc1ccc(Cl)cc1)c1nc(C(=O)O)cs1. The molecule has 3 N–H and O–H groups in total. The summed E-state index contributed by atoms with van der Waals surface area (Å²) in [6, 6.07) is 5.89. The molecule has 0 aliphatic heterocycles. The Balaban J connectivity index is 1.95. The fourth-order valence-corrected chi connectivity index (χ4v) is 2.47. The lowest BCUT2D eigenvalue weighted by molar-refractivity contribution is 0.0691. The van der Waals surface area contributed by atoms with E-state index in [9.17, 15) is 9.59 Å². The highest BCUT2D eigenvalue weighted by Crippen LogP contribution is 2.18. The number of carboxylic acids is 1. The molecule has 2 rings (SSSR count). The third-order valence-electron chi connectivity index (χ3n) is 2.56. The van der Waals surface area contributed by atoms with Gasteiger partial charge in [-0.3, -0.25) is 0 Å². The van der Waals surface area contributed by atoms with Gasteiger partial charge in [0.15, 0.2) is 5.69 Å². The van der Waals surface area contributed by atoms with Crippen LogP contribution in [0.1, 0.15) is 28.5 Å². The molecule has 6 nitrogen and oxygen atoms in total. The van der Waals surface area contributed by atoms with Crippen molar-refractivity contribution in [2.75, 3.05) is 5.32 Å². The molecule has 1 heterocycles. The van der Waals surface area contributed by atoms with E-state index >= 15 is 0 Å². The van der Waals surface area contributed by atoms with Crippen molar-refractivity contribution in [3.8, 4) is 0 Å². The van der Waals surface area contributed by atoms with Crippen LogP contribution >= 0.6 is 22.9 Å². The highest BCUT2D eigenvalue weighted by atomic mass is 35.5. The van der Waals surface area contributed by atoms with Crippen LogP contribution in [0.3, 0.4) is 0 Å². The van der Waals surface area contributed by atoms with Crippen molar-refractivity contribution in [2.24, 2.45) is 0 Å². The first-order valence-corrected chi connectivity index (χ1v) is 7.23. The van der Waals surface area contributed by atoms with E-state index in [0.717, 1.165) is 0 Å². The molecule has 0 fully saturated rings. The van der Waals surface area contributed by atoms with Gasteiger partial charge in [-0.2, -0.15) is 0 Å². The van der Waals surface area contributed by atoms with E-state index in [1.54, 1.807) is 31.2 Å². The third kappa shape index (κ3) is 4.17. The van der Waals surface area contributed by atoms with Crippen molar-refractivity contribution in [2.45, 2.75) is 13.0 Å². The van der Waals surface area contributed by atoms with Crippen molar-refractivity contribution in [3.63, 3.8) is 0 Å². The van der Waals surface area contributed by atoms with Gasteiger partial charge in [0.05, 0.1) is 6.04 Å². The molecule has 0 bridgehead atoms. The van der Waals surface area contributed by atoms with Gasteiger partial charge >= 0.3 is 12.0 Å². The second kappa shape index (κ2) is 6.55. The van der Waals surface area contributed by atoms with E-state index in [0.29, 0.717) is 15.7 Å². The van der Waals surface area contributed by atoms with E-state index in [-0.39, 0.29) is 5.69 Å². The number of aromatic nitrogens is 1. The average molecular weight is 326 g/mol. The standard InChI is InChI=1S/C13H12ClN3O3S/c1-7(11-17-10(6-21-11)12(18)19)15-13(20)16-9-4-2-8(14)3-5-9/h2-7H,1H3,(H,18,19)(H2,15,16,20). The Morgan fingerprint density at radius 1 is 1.33 bits per heavy atom. The monoisotopic (exact) mass is 325 g/mol. The van der Waals surface area contributed by atoms with Crippen LogP contribution in [-0.4, -0.2) is 22.1 Å². The molecule has 1 aromatic heterocycles. The summed E-state index contributed by atoms with van der Waals surface area (Å²) < 4.78 is 0. The summed E-state index contributed by atoms with van der Waals surface area (Å²) in [5.41, 5.74) is 0.580. The highest BCUT2D eigenvalue weighted by Gasteiger charge is 2.15. The maximum atomic E-state index is 11.8. The van der Waals surface area contributed by atoms with Gasteiger partial charge in [0.2, 0.25) is 0 Å². The van der Waals surface area contributed by atoms with Crippen molar-refractivity contribution in [1.29, 1.82) is 0 Å². The lowest BCUT2D eigenvalue weighted by Gasteiger charge is -2.12. The summed E-state index contributed by atoms with van der Waals surface area (Å²) in [5.74, 6) is -1.09. The van der Waals surface area contributed by atoms with Crippen molar-refractivity contribution >= 4 is 40.6 Å². The predicted molar refractivity (Wildman–Crippen MR) is 81.1 cm³/mol. The molecule has 0 radical (unpaired) electrons. The second-order valence-electron chi connectivity index (χ2n) is 4.20. The Bertz CT molecular complexity index is 657. The van der Waals surface area contributed by atoms with Crippen LogP contribution in [0.25, 0.3) is 0 Å². The first kappa shape index (κ1) is 15.3. The fourth-order valence-electron chi connectivity index (χ4n) is 1.54. The topological polar surface area (TPSA) is 91.3 Å². The lowest BCUT2D eigenvalue weighted by Crippen LogP contribution is -2.31. The van der Waals surface area contributed by atoms with E-state index in [1.807, 2.05) is 0 Å². The van der Waals surface area contributed by atoms with Crippen LogP contribution in [0.4, 0.5) is 10.5 Å². The number of nitrogens with zero attached hydrogens (tertiary/aromatic N) is 1. The molecule has 1 unspecified atom stereocenters. The minimum Gasteiger partial charge on any atom is -0.476 e. The molecule has 0 saturated carbocycles. The minimum absolute atomic E-state index is 0.0261. The zero-order chi connectivity index (χ0) is 15.4. The van der Waals surface area contributed by atoms with Crippen molar-refractivity contribution in [1.82, 2.24) is 10.3 Å². The number of carbonyl (C=O) groups excluding carboxylic acids is 1. The van der Waals surface area contributed by atoms with Gasteiger partial charge in [-0.25, -0.2) is 14.6 Å². The van der Waals surface area contributed by atoms with Gasteiger partial charge in [0.25, 0.3) is 0 Å². The molecule has 2 aromatic rings. The normalized spacial score (nSPS) is 11.7. The summed E-state index contributed by atoms with van der Waals surface area (Å²) in [5, 5.41) is 16.7. The van der Waals surface area contributed by atoms with Gasteiger partial charge in [0, 0.05) is 16.1 Å². The zero-order valence-corrected chi connectivity index (χ0v) is 12.5. The van der Waals surface area contributed by atoms with Crippen LogP contribution in [0, 0.1) is 0 Å². The second-order valence-corrected chi connectivity index (χ2v) is 5.53. The number of benzene rings is 1. The van der Waals surface area contributed by atoms with E-state index in [2.05, 4.69) is 15.6 Å². The summed E-state index contributed by atoms with van der Waals surface area (Å²) >= 11 is 6.94. The quantitative estimate of drug-likeness (QED) is 0.803. The number of hydrogen-bond acceptors (Lipinski definition) is 4. The number of nitrogens with one attached hydrogen (secondary N) is 2. The number of hydrogen-bond donors (Lipinski definition) is 3. The molecule has 0 aliphatic carbocycles. The fraction of sp³-hybridized carbons (Fsp3) is 0.154. The maximum absolute atomic E-state index is 11.8. The molecule has 110 valence electrons. The first-order chi connectivity index (χ1) is 9.95. The van der Waals surface area contributed by atoms with E-state index < -0.39 is 18.0 Å². The third-order valence-corrected chi connectivity index (χ3v) is 3.84. The molecule has 2 amide bonds. The zero-order valence-electron chi connectivity index (χ0n) is 11.0. The molecule has 0 saturated heterocycles. The number of anilines is 1. The Kier molecular flexibility index (Phi) is 4.77. The van der Waals surface area contributed by atoms with Crippen LogP contribution in [0.5, 0.6) is 0 Å². The van der Waals surface area contributed by atoms with Gasteiger partial charge in [-0.05, 0) is 31.2 Å². The minimum atomic E-state index is -1.09. The van der Waals surface area contributed by atoms with Crippen LogP contribution in [0.2, 0.25) is 5.02 Å². The van der Waals surface area contributed by atoms with Crippen LogP contribution < -0.4 is 10.6 Å². The Morgan fingerprint density at radius 3 is 2.57 bits per heavy atom. The Hall–Kier alpha value is -2.12. The number of rotatable bonds is 4. The predicted octanol–water partition coefficient (Wildman–Crippen LogP) is 3.38. The Morgan fingerprint density at radius 2 is 2.00 bits per heavy atom. The molecular weight excluding hydrogens is 314 g/mol. The Labute approximate surface area is 129 Å². The van der Waals surface area contributed by atoms with E-state index in [4.69, 9.17) is 16.7 Å². The summed E-state index contributed by atoms with van der Waals surface area (Å²) in [4.78, 5) is 26.5. The maximum Gasteiger partial charge on any atom is 0.355 e. The average Bonchev–Trinajstić information content (AvgIpc) is 2.91. The molecule has 1 aromatic carbocycles. The smallest absolute Gasteiger partial charge is 0.355 e. The van der Waals surface area contributed by atoms with Gasteiger partial charge in [0.1, 0.15) is 5.01 Å². The number of carbonyl (C=O) groups is 2. The van der Waals surface area contributed by atoms with Crippen molar-refractivity contribution in [3.05, 3.63) is 45.4 Å². The molecular formula is C13H12ClN3O3S. The number of amides is 2. The van der Waals surface area contributed by atoms with Crippen LogP contribution in [0.15, 0.2) is 29.6 Å². The largest absolute Gasteiger partial charge is 0.476 e. The van der Waals surface area contributed by atoms with Gasteiger partial charge < -0.3 is 15.7 Å². The number of urea groups is 1. The number of thiazole rings is 1. The first-order valence-electron chi connectivity index (χ1n) is 5.97. The van der Waals surface area contributed by atoms with Crippen molar-refractivity contribution < 1.29 is 14.7 Å². The number of halogens is 1. The number of carboxylic acid groups (broad SMARTS) is 1. The number of aromatic carboxylic acids is 1. The summed E-state index contributed by atoms with van der Waals surface area (Å²) in [7, 11) is 0. The molecule has 21 heavy (non-hydrogen) atoms. The lowest BCUT2D eigenvalue weighted by atomic mass is 10.3. The molecule has 0 aliphatic rings. The summed E-state index contributed by atoms with van der Waals surface area (Å²) in [6.07, 6.45) is 0. The van der Waals surface area contributed by atoms with Gasteiger partial charge in [-0.1, -0.05) is 11.6 Å². The van der Waals surface area contributed by atoms with Crippen LogP contribution in [-0.2, 0) is 0 Å². The van der Waals surface area contributed by atoms with E-state index in [1.165, 1.54) is 16.7 Å². The van der Waals surface area contributed by atoms with Gasteiger partial charge in [-0.15, -0.1) is 11.3 Å². The summed E-state index contributed by atoms with van der Waals surface area (Å²) in [6.45, 7) is 1.73. The highest BCUT2D eigenvalue weighted by molar-refractivity contribution is 7.09. The molecule has 1 atom stereocenters. The molecule has 8 heteroatoms. The molecule has 0 spiro atoms.